The average molecular weight is 370 g/mol. The summed E-state index contributed by atoms with van der Waals surface area (Å²) in [5.41, 5.74) is 1.13. The van der Waals surface area contributed by atoms with Crippen molar-refractivity contribution in [2.45, 2.75) is 19.4 Å². The zero-order valence-corrected chi connectivity index (χ0v) is 13.5. The minimum atomic E-state index is -3.17. The molecule has 9 heteroatoms. The van der Waals surface area contributed by atoms with E-state index in [9.17, 15) is 22.4 Å². The number of hydrogen-bond donors (Lipinski definition) is 1. The summed E-state index contributed by atoms with van der Waals surface area (Å²) < 4.78 is 58.9. The van der Waals surface area contributed by atoms with Gasteiger partial charge in [-0.15, -0.1) is 0 Å². The second-order valence-corrected chi connectivity index (χ2v) is 5.47. The lowest BCUT2D eigenvalue weighted by molar-refractivity contribution is -0.0549. The first-order chi connectivity index (χ1) is 12.4. The molecule has 1 unspecified atom stereocenters. The predicted molar refractivity (Wildman–Crippen MR) is 84.6 cm³/mol. The molecule has 3 rings (SSSR count). The fourth-order valence-corrected chi connectivity index (χ4v) is 2.75. The molecule has 0 saturated heterocycles. The van der Waals surface area contributed by atoms with E-state index in [0.717, 1.165) is 6.07 Å². The Morgan fingerprint density at radius 3 is 2.42 bits per heavy atom. The van der Waals surface area contributed by atoms with Gasteiger partial charge in [-0.25, -0.2) is 0 Å². The van der Waals surface area contributed by atoms with Gasteiger partial charge in [0.1, 0.15) is 17.7 Å². The lowest BCUT2D eigenvalue weighted by Gasteiger charge is -2.36. The van der Waals surface area contributed by atoms with Crippen molar-refractivity contribution in [3.05, 3.63) is 53.6 Å². The number of anilines is 1. The predicted octanol–water partition coefficient (Wildman–Crippen LogP) is 4.09. The molecule has 1 amide bonds. The van der Waals surface area contributed by atoms with Crippen molar-refractivity contribution in [2.24, 2.45) is 0 Å². The quantitative estimate of drug-likeness (QED) is 0.806. The van der Waals surface area contributed by atoms with Crippen molar-refractivity contribution in [1.29, 1.82) is 0 Å². The van der Waals surface area contributed by atoms with Crippen molar-refractivity contribution in [3.8, 4) is 11.5 Å². The highest BCUT2D eigenvalue weighted by Crippen LogP contribution is 2.38. The van der Waals surface area contributed by atoms with E-state index < -0.39 is 19.4 Å². The van der Waals surface area contributed by atoms with Crippen LogP contribution >= 0.6 is 0 Å². The van der Waals surface area contributed by atoms with Crippen LogP contribution in [0.3, 0.4) is 0 Å². The van der Waals surface area contributed by atoms with Gasteiger partial charge in [0, 0.05) is 24.4 Å². The van der Waals surface area contributed by atoms with Gasteiger partial charge in [-0.1, -0.05) is 12.1 Å². The second kappa shape index (κ2) is 7.11. The molecular formula is C17H14F4N2O3. The van der Waals surface area contributed by atoms with Crippen LogP contribution in [0.25, 0.3) is 0 Å². The molecule has 2 aromatic carbocycles. The minimum Gasteiger partial charge on any atom is -0.435 e. The fourth-order valence-electron chi connectivity index (χ4n) is 2.75. The average Bonchev–Trinajstić information content (AvgIpc) is 2.58. The summed E-state index contributed by atoms with van der Waals surface area (Å²) in [6.07, 6.45) is -0.827. The highest BCUT2D eigenvalue weighted by molar-refractivity contribution is 6.01. The molecule has 0 bridgehead atoms. The van der Waals surface area contributed by atoms with Gasteiger partial charge >= 0.3 is 13.2 Å². The molecule has 0 fully saturated rings. The number of benzene rings is 2. The van der Waals surface area contributed by atoms with E-state index in [0.29, 0.717) is 11.3 Å². The number of nitrogens with one attached hydrogen (secondary N) is 1. The van der Waals surface area contributed by atoms with E-state index in [-0.39, 0.29) is 23.0 Å². The topological polar surface area (TPSA) is 50.8 Å². The third kappa shape index (κ3) is 3.51. The van der Waals surface area contributed by atoms with Crippen molar-refractivity contribution < 1.29 is 31.8 Å². The van der Waals surface area contributed by atoms with Crippen LogP contribution in [0, 0.1) is 0 Å². The van der Waals surface area contributed by atoms with E-state index in [4.69, 9.17) is 0 Å². The number of amides is 1. The molecule has 2 aromatic rings. The smallest absolute Gasteiger partial charge is 0.387 e. The molecular weight excluding hydrogens is 356 g/mol. The highest BCUT2D eigenvalue weighted by Gasteiger charge is 2.32. The Balaban J connectivity index is 2.01. The van der Waals surface area contributed by atoms with Crippen molar-refractivity contribution in [1.82, 2.24) is 4.90 Å². The summed E-state index contributed by atoms with van der Waals surface area (Å²) in [6.45, 7) is -6.28. The van der Waals surface area contributed by atoms with Gasteiger partial charge in [-0.05, 0) is 24.3 Å². The molecule has 0 saturated carbocycles. The number of halogens is 4. The molecule has 1 aliphatic heterocycles. The zero-order chi connectivity index (χ0) is 18.8. The van der Waals surface area contributed by atoms with Gasteiger partial charge in [0.15, 0.2) is 0 Å². The summed E-state index contributed by atoms with van der Waals surface area (Å²) in [4.78, 5) is 13.8. The third-order valence-corrected chi connectivity index (χ3v) is 3.88. The molecule has 1 N–H and O–H groups in total. The number of rotatable bonds is 5. The van der Waals surface area contributed by atoms with Crippen LogP contribution in [0.4, 0.5) is 23.2 Å². The van der Waals surface area contributed by atoms with Gasteiger partial charge in [0.2, 0.25) is 0 Å². The third-order valence-electron chi connectivity index (χ3n) is 3.88. The summed E-state index contributed by atoms with van der Waals surface area (Å²) in [5.74, 6) is -1.01. The maximum atomic E-state index is 12.8. The Hall–Kier alpha value is -2.97. The normalized spacial score (nSPS) is 16.5. The summed E-state index contributed by atoms with van der Waals surface area (Å²) in [6, 6.07) is 10.2. The first-order valence-electron chi connectivity index (χ1n) is 7.53. The molecule has 0 spiro atoms. The number of carbonyl (C=O) groups is 1. The van der Waals surface area contributed by atoms with Crippen molar-refractivity contribution >= 4 is 11.6 Å². The number of hydrogen-bond acceptors (Lipinski definition) is 4. The molecule has 1 aliphatic rings. The number of carbonyl (C=O) groups excluding carboxylic acids is 1. The van der Waals surface area contributed by atoms with Crippen LogP contribution in [0.5, 0.6) is 11.5 Å². The van der Waals surface area contributed by atoms with Gasteiger partial charge in [0.25, 0.3) is 5.91 Å². The Morgan fingerprint density at radius 1 is 1.04 bits per heavy atom. The van der Waals surface area contributed by atoms with Gasteiger partial charge in [-0.2, -0.15) is 17.6 Å². The van der Waals surface area contributed by atoms with E-state index in [1.807, 2.05) is 0 Å². The Morgan fingerprint density at radius 2 is 1.73 bits per heavy atom. The van der Waals surface area contributed by atoms with Crippen LogP contribution in [0.15, 0.2) is 42.5 Å². The summed E-state index contributed by atoms with van der Waals surface area (Å²) in [5, 5.41) is 3.06. The van der Waals surface area contributed by atoms with Gasteiger partial charge in [-0.3, -0.25) is 4.79 Å². The van der Waals surface area contributed by atoms with Crippen LogP contribution in [0.1, 0.15) is 22.1 Å². The second-order valence-electron chi connectivity index (χ2n) is 5.47. The van der Waals surface area contributed by atoms with Crippen LogP contribution in [-0.4, -0.2) is 31.1 Å². The van der Waals surface area contributed by atoms with E-state index >= 15 is 0 Å². The molecule has 0 radical (unpaired) electrons. The van der Waals surface area contributed by atoms with Gasteiger partial charge < -0.3 is 19.7 Å². The number of para-hydroxylation sites is 1. The van der Waals surface area contributed by atoms with Crippen LogP contribution in [0.2, 0.25) is 0 Å². The molecule has 1 heterocycles. The summed E-state index contributed by atoms with van der Waals surface area (Å²) in [7, 11) is 1.49. The lowest BCUT2D eigenvalue weighted by atomic mass is 10.0. The van der Waals surface area contributed by atoms with Crippen LogP contribution in [-0.2, 0) is 0 Å². The maximum absolute atomic E-state index is 12.8. The number of fused-ring (bicyclic) bond motifs is 1. The Bertz CT molecular complexity index is 816. The zero-order valence-electron chi connectivity index (χ0n) is 13.5. The van der Waals surface area contributed by atoms with E-state index in [2.05, 4.69) is 14.8 Å². The summed E-state index contributed by atoms with van der Waals surface area (Å²) >= 11 is 0. The monoisotopic (exact) mass is 370 g/mol. The molecule has 0 aliphatic carbocycles. The molecule has 138 valence electrons. The number of nitrogens with zero attached hydrogens (tertiary/aromatic N) is 1. The number of ether oxygens (including phenoxy) is 2. The fraction of sp³-hybridized carbons (Fsp3) is 0.235. The molecule has 5 nitrogen and oxygen atoms in total. The van der Waals surface area contributed by atoms with E-state index in [1.165, 1.54) is 24.1 Å². The highest BCUT2D eigenvalue weighted by atomic mass is 19.3. The molecule has 0 aromatic heterocycles. The Labute approximate surface area is 146 Å². The largest absolute Gasteiger partial charge is 0.435 e. The minimum absolute atomic E-state index is 0.178. The molecule has 1 atom stereocenters. The van der Waals surface area contributed by atoms with Crippen LogP contribution < -0.4 is 14.8 Å². The first kappa shape index (κ1) is 17.8. The number of alkyl halides is 4. The first-order valence-corrected chi connectivity index (χ1v) is 7.53. The van der Waals surface area contributed by atoms with Crippen molar-refractivity contribution in [2.75, 3.05) is 12.4 Å². The van der Waals surface area contributed by atoms with E-state index in [1.54, 1.807) is 24.3 Å². The standard InChI is InChI=1S/C17H14F4N2O3/c1-23-14(22-12-5-3-2-4-10(12)15(23)24)11-7-6-9(25-16(18)19)8-13(11)26-17(20)21/h2-8,14,16-17,22H,1H3. The maximum Gasteiger partial charge on any atom is 0.387 e. The lowest BCUT2D eigenvalue weighted by Crippen LogP contribution is -2.40. The Kier molecular flexibility index (Phi) is 4.88. The SMILES string of the molecule is CN1C(=O)c2ccccc2NC1c1ccc(OC(F)F)cc1OC(F)F. The van der Waals surface area contributed by atoms with Gasteiger partial charge in [0.05, 0.1) is 5.56 Å². The van der Waals surface area contributed by atoms with Crippen molar-refractivity contribution in [3.63, 3.8) is 0 Å². The molecule has 26 heavy (non-hydrogen) atoms.